The third-order valence-electron chi connectivity index (χ3n) is 2.77. The fraction of sp³-hybridized carbons (Fsp3) is 0. The highest BCUT2D eigenvalue weighted by Gasteiger charge is 2.19. The molecule has 0 aliphatic rings. The van der Waals surface area contributed by atoms with Crippen LogP contribution in [0.2, 0.25) is 0 Å². The van der Waals surface area contributed by atoms with E-state index in [2.05, 4.69) is 31.9 Å². The third-order valence-corrected chi connectivity index (χ3v) is 3.83. The van der Waals surface area contributed by atoms with Crippen LogP contribution in [0, 0.1) is 0 Å². The number of hydrogen-bond donors (Lipinski definition) is 0. The van der Waals surface area contributed by atoms with Gasteiger partial charge in [0.15, 0.2) is 23.3 Å². The zero-order valence-corrected chi connectivity index (χ0v) is 14.1. The fourth-order valence-corrected chi connectivity index (χ4v) is 2.17. The molecule has 114 valence electrons. The Labute approximate surface area is 141 Å². The molecule has 2 aromatic rings. The maximum atomic E-state index is 13.9. The summed E-state index contributed by atoms with van der Waals surface area (Å²) >= 11 is 6.28. The minimum absolute atomic E-state index is 0.181. The maximum absolute atomic E-state index is 13.9. The van der Waals surface area contributed by atoms with Gasteiger partial charge in [0.2, 0.25) is 0 Å². The molecule has 2 aromatic carbocycles. The number of allylic oxidation sites excluding steroid dienone is 2. The van der Waals surface area contributed by atoms with Crippen molar-refractivity contribution in [3.8, 4) is 0 Å². The molecule has 0 aliphatic carbocycles. The van der Waals surface area contributed by atoms with Crippen molar-refractivity contribution < 1.29 is 17.6 Å². The topological polar surface area (TPSA) is 0 Å². The first-order valence-corrected chi connectivity index (χ1v) is 7.61. The minimum atomic E-state index is -1.87. The standard InChI is InChI=1S/C16H8Br2F4/c17-11-5-1-9(2-6-11)13(19)15(21)16(22)14(20)10-3-7-12(18)8-4-10/h1-8H/b15-13+,16-14+. The lowest BCUT2D eigenvalue weighted by Crippen LogP contribution is -1.88. The van der Waals surface area contributed by atoms with E-state index < -0.39 is 23.3 Å². The van der Waals surface area contributed by atoms with Gasteiger partial charge in [0.05, 0.1) is 0 Å². The van der Waals surface area contributed by atoms with Gasteiger partial charge in [-0.2, -0.15) is 0 Å². The molecule has 0 aliphatic heterocycles. The molecule has 0 bridgehead atoms. The second kappa shape index (κ2) is 7.24. The molecule has 0 aromatic heterocycles. The zero-order valence-electron chi connectivity index (χ0n) is 10.9. The molecule has 0 saturated carbocycles. The van der Waals surface area contributed by atoms with Gasteiger partial charge in [-0.3, -0.25) is 0 Å². The molecule has 0 amide bonds. The van der Waals surface area contributed by atoms with E-state index in [1.165, 1.54) is 48.5 Å². The zero-order chi connectivity index (χ0) is 16.3. The molecule has 0 spiro atoms. The van der Waals surface area contributed by atoms with Crippen LogP contribution in [0.15, 0.2) is 69.1 Å². The second-order valence-corrected chi connectivity index (χ2v) is 6.10. The van der Waals surface area contributed by atoms with E-state index in [9.17, 15) is 17.6 Å². The summed E-state index contributed by atoms with van der Waals surface area (Å²) in [4.78, 5) is 0. The monoisotopic (exact) mass is 434 g/mol. The van der Waals surface area contributed by atoms with Crippen molar-refractivity contribution in [1.29, 1.82) is 0 Å². The largest absolute Gasteiger partial charge is 0.203 e. The van der Waals surface area contributed by atoms with Crippen LogP contribution in [-0.4, -0.2) is 0 Å². The lowest BCUT2D eigenvalue weighted by atomic mass is 10.1. The summed E-state index contributed by atoms with van der Waals surface area (Å²) < 4.78 is 56.7. The van der Waals surface area contributed by atoms with Crippen LogP contribution in [0.4, 0.5) is 17.6 Å². The Balaban J connectivity index is 2.43. The Morgan fingerprint density at radius 2 is 0.818 bits per heavy atom. The molecular formula is C16H8Br2F4. The summed E-state index contributed by atoms with van der Waals surface area (Å²) in [6.45, 7) is 0. The van der Waals surface area contributed by atoms with Crippen molar-refractivity contribution >= 4 is 43.5 Å². The van der Waals surface area contributed by atoms with Crippen molar-refractivity contribution in [3.63, 3.8) is 0 Å². The van der Waals surface area contributed by atoms with E-state index in [4.69, 9.17) is 0 Å². The van der Waals surface area contributed by atoms with E-state index in [0.717, 1.165) is 0 Å². The predicted octanol–water partition coefficient (Wildman–Crippen LogP) is 7.13. The van der Waals surface area contributed by atoms with Crippen LogP contribution >= 0.6 is 31.9 Å². The van der Waals surface area contributed by atoms with Crippen molar-refractivity contribution in [2.24, 2.45) is 0 Å². The number of halogens is 6. The van der Waals surface area contributed by atoms with Gasteiger partial charge in [0.1, 0.15) is 0 Å². The van der Waals surface area contributed by atoms with Crippen molar-refractivity contribution in [2.45, 2.75) is 0 Å². The molecule has 0 N–H and O–H groups in total. The van der Waals surface area contributed by atoms with Gasteiger partial charge in [0, 0.05) is 20.1 Å². The highest BCUT2D eigenvalue weighted by molar-refractivity contribution is 9.10. The van der Waals surface area contributed by atoms with Crippen LogP contribution in [0.3, 0.4) is 0 Å². The van der Waals surface area contributed by atoms with Gasteiger partial charge >= 0.3 is 0 Å². The first-order valence-electron chi connectivity index (χ1n) is 6.03. The van der Waals surface area contributed by atoms with E-state index in [0.29, 0.717) is 8.95 Å². The number of hydrogen-bond acceptors (Lipinski definition) is 0. The van der Waals surface area contributed by atoms with Gasteiger partial charge in [0.25, 0.3) is 0 Å². The molecule has 0 heterocycles. The molecule has 22 heavy (non-hydrogen) atoms. The van der Waals surface area contributed by atoms with Crippen molar-refractivity contribution in [1.82, 2.24) is 0 Å². The van der Waals surface area contributed by atoms with Crippen molar-refractivity contribution in [2.75, 3.05) is 0 Å². The summed E-state index contributed by atoms with van der Waals surface area (Å²) in [6, 6.07) is 10.9. The molecule has 0 fully saturated rings. The molecule has 0 atom stereocenters. The van der Waals surface area contributed by atoms with E-state index in [-0.39, 0.29) is 11.1 Å². The number of rotatable bonds is 3. The van der Waals surface area contributed by atoms with Gasteiger partial charge in [-0.05, 0) is 24.3 Å². The highest BCUT2D eigenvalue weighted by Crippen LogP contribution is 2.33. The maximum Gasteiger partial charge on any atom is 0.198 e. The Morgan fingerprint density at radius 1 is 0.545 bits per heavy atom. The average molecular weight is 436 g/mol. The Bertz CT molecular complexity index is 666. The molecule has 2 rings (SSSR count). The van der Waals surface area contributed by atoms with Crippen LogP contribution in [-0.2, 0) is 0 Å². The Morgan fingerprint density at radius 3 is 1.09 bits per heavy atom. The van der Waals surface area contributed by atoms with Crippen LogP contribution < -0.4 is 0 Å². The molecule has 0 saturated heterocycles. The smallest absolute Gasteiger partial charge is 0.198 e. The quantitative estimate of drug-likeness (QED) is 0.355. The first-order chi connectivity index (χ1) is 10.4. The summed E-state index contributed by atoms with van der Waals surface area (Å²) in [7, 11) is 0. The predicted molar refractivity (Wildman–Crippen MR) is 86.6 cm³/mol. The SMILES string of the molecule is FC(/C(F)=C(\F)c1ccc(Br)cc1)=C(/F)c1ccc(Br)cc1. The average Bonchev–Trinajstić information content (AvgIpc) is 2.53. The van der Waals surface area contributed by atoms with E-state index in [1.807, 2.05) is 0 Å². The number of benzene rings is 2. The van der Waals surface area contributed by atoms with Crippen molar-refractivity contribution in [3.05, 3.63) is 80.3 Å². The third kappa shape index (κ3) is 3.87. The van der Waals surface area contributed by atoms with Crippen LogP contribution in [0.5, 0.6) is 0 Å². The van der Waals surface area contributed by atoms with Gasteiger partial charge < -0.3 is 0 Å². The second-order valence-electron chi connectivity index (χ2n) is 4.27. The summed E-state index contributed by atoms with van der Waals surface area (Å²) in [5.74, 6) is -6.67. The lowest BCUT2D eigenvalue weighted by Gasteiger charge is -2.03. The fourth-order valence-electron chi connectivity index (χ4n) is 1.64. The summed E-state index contributed by atoms with van der Waals surface area (Å²) in [6.07, 6.45) is 0. The van der Waals surface area contributed by atoms with E-state index in [1.54, 1.807) is 0 Å². The molecular weight excluding hydrogens is 428 g/mol. The lowest BCUT2D eigenvalue weighted by molar-refractivity contribution is 0.519. The molecule has 0 unspecified atom stereocenters. The van der Waals surface area contributed by atoms with Crippen LogP contribution in [0.25, 0.3) is 11.7 Å². The normalized spacial score (nSPS) is 13.5. The Kier molecular flexibility index (Phi) is 5.58. The molecule has 0 nitrogen and oxygen atoms in total. The summed E-state index contributed by atoms with van der Waals surface area (Å²) in [5, 5.41) is 0. The molecule has 6 heteroatoms. The van der Waals surface area contributed by atoms with Crippen LogP contribution in [0.1, 0.15) is 11.1 Å². The first kappa shape index (κ1) is 17.0. The Hall–Kier alpha value is -1.40. The van der Waals surface area contributed by atoms with Gasteiger partial charge in [-0.25, -0.2) is 17.6 Å². The minimum Gasteiger partial charge on any atom is -0.203 e. The van der Waals surface area contributed by atoms with Gasteiger partial charge in [-0.15, -0.1) is 0 Å². The molecule has 0 radical (unpaired) electrons. The highest BCUT2D eigenvalue weighted by atomic mass is 79.9. The van der Waals surface area contributed by atoms with E-state index >= 15 is 0 Å². The van der Waals surface area contributed by atoms with Gasteiger partial charge in [-0.1, -0.05) is 56.1 Å². The summed E-state index contributed by atoms with van der Waals surface area (Å²) in [5.41, 5.74) is -0.362.